The molecule has 5 heteroatoms. The minimum absolute atomic E-state index is 0.182. The molecule has 0 saturated carbocycles. The lowest BCUT2D eigenvalue weighted by Gasteiger charge is -2.34. The molecule has 0 radical (unpaired) electrons. The summed E-state index contributed by atoms with van der Waals surface area (Å²) in [5, 5.41) is 0.877. The minimum Gasteiger partial charge on any atom is -0.377 e. The average molecular weight is 320 g/mol. The number of ether oxygens (including phenoxy) is 2. The van der Waals surface area contributed by atoms with Gasteiger partial charge in [0.15, 0.2) is 0 Å². The molecule has 2 heterocycles. The highest BCUT2D eigenvalue weighted by atomic mass is 79.9. The number of nitrogens with zero attached hydrogens (tertiary/aromatic N) is 1. The third kappa shape index (κ3) is 3.93. The Morgan fingerprint density at radius 1 is 1.28 bits per heavy atom. The van der Waals surface area contributed by atoms with Crippen LogP contribution in [0.1, 0.15) is 32.1 Å². The van der Waals surface area contributed by atoms with Crippen LogP contribution < -0.4 is 0 Å². The van der Waals surface area contributed by atoms with Crippen molar-refractivity contribution in [3.8, 4) is 0 Å². The van der Waals surface area contributed by atoms with E-state index < -0.39 is 0 Å². The molecule has 1 unspecified atom stereocenters. The molecule has 1 atom stereocenters. The fourth-order valence-corrected chi connectivity index (χ4v) is 2.78. The van der Waals surface area contributed by atoms with Crippen molar-refractivity contribution in [1.29, 1.82) is 0 Å². The average Bonchev–Trinajstić information content (AvgIpc) is 2.46. The number of carbonyl (C=O) groups is 1. The third-order valence-corrected chi connectivity index (χ3v) is 3.96. The van der Waals surface area contributed by atoms with Crippen molar-refractivity contribution in [2.45, 2.75) is 44.3 Å². The molecule has 0 aromatic heterocycles. The monoisotopic (exact) mass is 319 g/mol. The molecule has 0 aromatic carbocycles. The molecule has 2 fully saturated rings. The number of rotatable bonds is 4. The molecule has 4 nitrogen and oxygen atoms in total. The number of piperidine rings is 1. The summed E-state index contributed by atoms with van der Waals surface area (Å²) in [4.78, 5) is 14.2. The molecular formula is C13H22BrNO3. The first kappa shape index (κ1) is 14.3. The second-order valence-corrected chi connectivity index (χ2v) is 5.73. The summed E-state index contributed by atoms with van der Waals surface area (Å²) in [5.41, 5.74) is 0. The maximum Gasteiger partial charge on any atom is 0.251 e. The van der Waals surface area contributed by atoms with E-state index in [1.165, 1.54) is 0 Å². The summed E-state index contributed by atoms with van der Waals surface area (Å²) in [6.07, 6.45) is 5.13. The summed E-state index contributed by atoms with van der Waals surface area (Å²) in [6.45, 7) is 3.11. The fraction of sp³-hybridized carbons (Fsp3) is 0.923. The number of halogens is 1. The van der Waals surface area contributed by atoms with Crippen LogP contribution >= 0.6 is 15.9 Å². The maximum atomic E-state index is 12.2. The van der Waals surface area contributed by atoms with E-state index in [-0.39, 0.29) is 12.0 Å². The van der Waals surface area contributed by atoms with Crippen LogP contribution in [-0.2, 0) is 14.3 Å². The Kier molecular flexibility index (Phi) is 5.92. The molecule has 2 rings (SSSR count). The van der Waals surface area contributed by atoms with Gasteiger partial charge in [0, 0.05) is 25.0 Å². The number of carbonyl (C=O) groups excluding carboxylic acids is 1. The predicted molar refractivity (Wildman–Crippen MR) is 72.9 cm³/mol. The molecular weight excluding hydrogens is 298 g/mol. The molecule has 0 bridgehead atoms. The molecule has 2 aliphatic rings. The normalized spacial score (nSPS) is 26.3. The SMILES string of the molecule is O=C(C1CCCCO1)N1CCC(OCCBr)CC1. The van der Waals surface area contributed by atoms with Crippen molar-refractivity contribution < 1.29 is 14.3 Å². The van der Waals surface area contributed by atoms with Crippen LogP contribution in [-0.4, -0.2) is 54.6 Å². The molecule has 1 amide bonds. The van der Waals surface area contributed by atoms with Gasteiger partial charge in [-0.3, -0.25) is 4.79 Å². The van der Waals surface area contributed by atoms with Crippen molar-refractivity contribution in [3.63, 3.8) is 0 Å². The van der Waals surface area contributed by atoms with Gasteiger partial charge < -0.3 is 14.4 Å². The Balaban J connectivity index is 1.73. The summed E-state index contributed by atoms with van der Waals surface area (Å²) < 4.78 is 11.2. The van der Waals surface area contributed by atoms with Gasteiger partial charge >= 0.3 is 0 Å². The van der Waals surface area contributed by atoms with E-state index >= 15 is 0 Å². The van der Waals surface area contributed by atoms with Crippen molar-refractivity contribution in [2.75, 3.05) is 31.6 Å². The van der Waals surface area contributed by atoms with Crippen LogP contribution in [0, 0.1) is 0 Å². The standard InChI is InChI=1S/C13H22BrNO3/c14-6-10-17-11-4-7-15(8-5-11)13(16)12-3-1-2-9-18-12/h11-12H,1-10H2. The van der Waals surface area contributed by atoms with E-state index in [0.717, 1.165) is 63.7 Å². The quantitative estimate of drug-likeness (QED) is 0.743. The lowest BCUT2D eigenvalue weighted by atomic mass is 10.0. The lowest BCUT2D eigenvalue weighted by molar-refractivity contribution is -0.149. The summed E-state index contributed by atoms with van der Waals surface area (Å²) in [6, 6.07) is 0. The summed E-state index contributed by atoms with van der Waals surface area (Å²) in [7, 11) is 0. The first-order valence-corrected chi connectivity index (χ1v) is 8.01. The van der Waals surface area contributed by atoms with Crippen molar-refractivity contribution in [1.82, 2.24) is 4.90 Å². The van der Waals surface area contributed by atoms with Crippen LogP contribution in [0.25, 0.3) is 0 Å². The lowest BCUT2D eigenvalue weighted by Crippen LogP contribution is -2.47. The molecule has 2 aliphatic heterocycles. The Morgan fingerprint density at radius 2 is 2.06 bits per heavy atom. The minimum atomic E-state index is -0.182. The zero-order valence-electron chi connectivity index (χ0n) is 10.8. The summed E-state index contributed by atoms with van der Waals surface area (Å²) >= 11 is 3.36. The number of amides is 1. The van der Waals surface area contributed by atoms with Gasteiger partial charge in [0.05, 0.1) is 12.7 Å². The van der Waals surface area contributed by atoms with Gasteiger partial charge in [0.2, 0.25) is 0 Å². The Morgan fingerprint density at radius 3 is 2.67 bits per heavy atom. The fourth-order valence-electron chi connectivity index (χ4n) is 2.59. The van der Waals surface area contributed by atoms with E-state index in [1.54, 1.807) is 0 Å². The van der Waals surface area contributed by atoms with E-state index in [2.05, 4.69) is 15.9 Å². The van der Waals surface area contributed by atoms with Gasteiger partial charge in [-0.05, 0) is 32.1 Å². The number of alkyl halides is 1. The predicted octanol–water partition coefficient (Wildman–Crippen LogP) is 1.96. The molecule has 18 heavy (non-hydrogen) atoms. The molecule has 0 aliphatic carbocycles. The van der Waals surface area contributed by atoms with Gasteiger partial charge in [0.25, 0.3) is 5.91 Å². The smallest absolute Gasteiger partial charge is 0.251 e. The van der Waals surface area contributed by atoms with Gasteiger partial charge in [-0.15, -0.1) is 0 Å². The van der Waals surface area contributed by atoms with E-state index in [0.29, 0.717) is 6.10 Å². The molecule has 0 spiro atoms. The number of likely N-dealkylation sites (tertiary alicyclic amines) is 1. The highest BCUT2D eigenvalue weighted by Gasteiger charge is 2.29. The summed E-state index contributed by atoms with van der Waals surface area (Å²) in [5.74, 6) is 0.189. The van der Waals surface area contributed by atoms with E-state index in [9.17, 15) is 4.79 Å². The van der Waals surface area contributed by atoms with E-state index in [4.69, 9.17) is 9.47 Å². The van der Waals surface area contributed by atoms with Crippen LogP contribution in [0.5, 0.6) is 0 Å². The first-order chi connectivity index (χ1) is 8.81. The van der Waals surface area contributed by atoms with Crippen LogP contribution in [0.3, 0.4) is 0 Å². The molecule has 104 valence electrons. The van der Waals surface area contributed by atoms with Crippen molar-refractivity contribution in [2.24, 2.45) is 0 Å². The van der Waals surface area contributed by atoms with Gasteiger partial charge in [-0.1, -0.05) is 15.9 Å². The Hall–Kier alpha value is -0.130. The zero-order valence-corrected chi connectivity index (χ0v) is 12.4. The Labute approximate surface area is 117 Å². The number of hydrogen-bond donors (Lipinski definition) is 0. The van der Waals surface area contributed by atoms with Crippen molar-refractivity contribution in [3.05, 3.63) is 0 Å². The van der Waals surface area contributed by atoms with Crippen LogP contribution in [0.15, 0.2) is 0 Å². The van der Waals surface area contributed by atoms with Crippen molar-refractivity contribution >= 4 is 21.8 Å². The molecule has 2 saturated heterocycles. The molecule has 0 aromatic rings. The number of hydrogen-bond acceptors (Lipinski definition) is 3. The first-order valence-electron chi connectivity index (χ1n) is 6.89. The largest absolute Gasteiger partial charge is 0.377 e. The zero-order chi connectivity index (χ0) is 12.8. The topological polar surface area (TPSA) is 38.8 Å². The van der Waals surface area contributed by atoms with Crippen LogP contribution in [0.2, 0.25) is 0 Å². The van der Waals surface area contributed by atoms with Gasteiger partial charge in [-0.2, -0.15) is 0 Å². The maximum absolute atomic E-state index is 12.2. The van der Waals surface area contributed by atoms with Gasteiger partial charge in [-0.25, -0.2) is 0 Å². The second-order valence-electron chi connectivity index (χ2n) is 4.94. The van der Waals surface area contributed by atoms with E-state index in [1.807, 2.05) is 4.90 Å². The van der Waals surface area contributed by atoms with Crippen LogP contribution in [0.4, 0.5) is 0 Å². The van der Waals surface area contributed by atoms with Gasteiger partial charge in [0.1, 0.15) is 6.10 Å². The highest BCUT2D eigenvalue weighted by molar-refractivity contribution is 9.09. The second kappa shape index (κ2) is 7.46. The molecule has 0 N–H and O–H groups in total. The Bertz CT molecular complexity index is 261. The third-order valence-electron chi connectivity index (χ3n) is 3.64. The highest BCUT2D eigenvalue weighted by Crippen LogP contribution is 2.19.